The first kappa shape index (κ1) is 24.2. The molecular formula is C25H31N3O5S. The number of carbonyl (C=O) groups excluding carboxylic acids is 2. The number of likely N-dealkylation sites (tertiary alicyclic amines) is 1. The Balaban J connectivity index is 1.23. The Hall–Kier alpha value is -2.91. The van der Waals surface area contributed by atoms with Crippen molar-refractivity contribution in [2.75, 3.05) is 32.7 Å². The van der Waals surface area contributed by atoms with Crippen LogP contribution < -0.4 is 10.1 Å². The Morgan fingerprint density at radius 1 is 0.882 bits per heavy atom. The summed E-state index contributed by atoms with van der Waals surface area (Å²) in [7, 11) is -3.51. The van der Waals surface area contributed by atoms with Crippen LogP contribution in [0.1, 0.15) is 42.5 Å². The van der Waals surface area contributed by atoms with Gasteiger partial charge in [0.1, 0.15) is 5.75 Å². The molecule has 34 heavy (non-hydrogen) atoms. The summed E-state index contributed by atoms with van der Waals surface area (Å²) in [5, 5.41) is 2.94. The number of amides is 2. The number of carbonyl (C=O) groups is 2. The van der Waals surface area contributed by atoms with Crippen LogP contribution in [0.15, 0.2) is 59.5 Å². The molecule has 2 aliphatic heterocycles. The van der Waals surface area contributed by atoms with Gasteiger partial charge in [0.05, 0.1) is 4.90 Å². The fourth-order valence-electron chi connectivity index (χ4n) is 4.35. The van der Waals surface area contributed by atoms with Crippen molar-refractivity contribution >= 4 is 22.0 Å². The van der Waals surface area contributed by atoms with Crippen LogP contribution in [0.5, 0.6) is 5.75 Å². The zero-order chi connectivity index (χ0) is 24.0. The highest BCUT2D eigenvalue weighted by Crippen LogP contribution is 2.22. The van der Waals surface area contributed by atoms with E-state index in [1.165, 1.54) is 16.4 Å². The number of nitrogens with zero attached hydrogens (tertiary/aromatic N) is 2. The molecule has 0 atom stereocenters. The first-order chi connectivity index (χ1) is 16.4. The molecule has 0 radical (unpaired) electrons. The monoisotopic (exact) mass is 485 g/mol. The van der Waals surface area contributed by atoms with Crippen LogP contribution in [0.4, 0.5) is 4.79 Å². The smallest absolute Gasteiger partial charge is 0.410 e. The first-order valence-electron chi connectivity index (χ1n) is 11.8. The molecule has 2 saturated heterocycles. The van der Waals surface area contributed by atoms with Crippen LogP contribution in [0, 0.1) is 5.92 Å². The number of rotatable bonds is 6. The second-order valence-corrected chi connectivity index (χ2v) is 10.7. The molecule has 4 rings (SSSR count). The second kappa shape index (κ2) is 11.0. The molecule has 2 amide bonds. The Morgan fingerprint density at radius 3 is 2.18 bits per heavy atom. The quantitative estimate of drug-likeness (QED) is 0.676. The zero-order valence-electron chi connectivity index (χ0n) is 19.2. The van der Waals surface area contributed by atoms with Crippen LogP contribution >= 0.6 is 0 Å². The van der Waals surface area contributed by atoms with Crippen molar-refractivity contribution in [3.05, 3.63) is 60.2 Å². The summed E-state index contributed by atoms with van der Waals surface area (Å²) < 4.78 is 32.4. The summed E-state index contributed by atoms with van der Waals surface area (Å²) in [6.45, 7) is 2.76. The molecule has 2 aliphatic rings. The van der Waals surface area contributed by atoms with E-state index in [1.54, 1.807) is 29.2 Å². The predicted octanol–water partition coefficient (Wildman–Crippen LogP) is 3.50. The third kappa shape index (κ3) is 5.95. The molecule has 0 bridgehead atoms. The summed E-state index contributed by atoms with van der Waals surface area (Å²) in [5.74, 6) is 0.563. The zero-order valence-corrected chi connectivity index (χ0v) is 20.0. The number of benzene rings is 2. The van der Waals surface area contributed by atoms with Gasteiger partial charge in [0, 0.05) is 38.3 Å². The average Bonchev–Trinajstić information content (AvgIpc) is 2.88. The normalized spacial score (nSPS) is 17.8. The predicted molar refractivity (Wildman–Crippen MR) is 128 cm³/mol. The fraction of sp³-hybridized carbons (Fsp3) is 0.440. The SMILES string of the molecule is O=C(NCC1CCN(C(=O)Oc2ccccc2)CC1)c1ccc(S(=O)(=O)N2CCCCC2)cc1. The van der Waals surface area contributed by atoms with Gasteiger partial charge in [-0.15, -0.1) is 0 Å². The Kier molecular flexibility index (Phi) is 7.84. The molecule has 1 N–H and O–H groups in total. The molecule has 182 valence electrons. The minimum atomic E-state index is -3.51. The molecule has 0 unspecified atom stereocenters. The number of piperidine rings is 2. The first-order valence-corrected chi connectivity index (χ1v) is 13.3. The van der Waals surface area contributed by atoms with E-state index in [9.17, 15) is 18.0 Å². The third-order valence-corrected chi connectivity index (χ3v) is 8.35. The molecule has 2 heterocycles. The van der Waals surface area contributed by atoms with Gasteiger partial charge in [-0.1, -0.05) is 24.6 Å². The van der Waals surface area contributed by atoms with Gasteiger partial charge in [-0.05, 0) is 68.0 Å². The summed E-state index contributed by atoms with van der Waals surface area (Å²) in [6, 6.07) is 15.1. The molecule has 8 nitrogen and oxygen atoms in total. The highest BCUT2D eigenvalue weighted by molar-refractivity contribution is 7.89. The van der Waals surface area contributed by atoms with Crippen LogP contribution in [-0.2, 0) is 10.0 Å². The van der Waals surface area contributed by atoms with Crippen LogP contribution in [0.25, 0.3) is 0 Å². The second-order valence-electron chi connectivity index (χ2n) is 8.81. The van der Waals surface area contributed by atoms with Crippen LogP contribution in [0.2, 0.25) is 0 Å². The van der Waals surface area contributed by atoms with Crippen molar-refractivity contribution in [2.24, 2.45) is 5.92 Å². The molecule has 2 aromatic rings. The van der Waals surface area contributed by atoms with E-state index in [0.29, 0.717) is 44.0 Å². The van der Waals surface area contributed by atoms with Gasteiger partial charge < -0.3 is 15.0 Å². The van der Waals surface area contributed by atoms with E-state index in [4.69, 9.17) is 4.74 Å². The van der Waals surface area contributed by atoms with Gasteiger partial charge in [-0.2, -0.15) is 4.31 Å². The summed E-state index contributed by atoms with van der Waals surface area (Å²) in [4.78, 5) is 26.8. The molecule has 0 spiro atoms. The highest BCUT2D eigenvalue weighted by Gasteiger charge is 2.27. The number of ether oxygens (including phenoxy) is 1. The number of hydrogen-bond acceptors (Lipinski definition) is 5. The van der Waals surface area contributed by atoms with Crippen molar-refractivity contribution < 1.29 is 22.7 Å². The minimum Gasteiger partial charge on any atom is -0.410 e. The summed E-state index contributed by atoms with van der Waals surface area (Å²) >= 11 is 0. The Bertz CT molecular complexity index is 1080. The van der Waals surface area contributed by atoms with E-state index in [-0.39, 0.29) is 22.8 Å². The van der Waals surface area contributed by atoms with Crippen molar-refractivity contribution in [3.63, 3.8) is 0 Å². The summed E-state index contributed by atoms with van der Waals surface area (Å²) in [5.41, 5.74) is 0.432. The average molecular weight is 486 g/mol. The number of para-hydroxylation sites is 1. The molecule has 2 aromatic carbocycles. The lowest BCUT2D eigenvalue weighted by atomic mass is 9.97. The maximum atomic E-state index is 12.8. The molecule has 2 fully saturated rings. The van der Waals surface area contributed by atoms with E-state index in [1.807, 2.05) is 18.2 Å². The Morgan fingerprint density at radius 2 is 1.53 bits per heavy atom. The van der Waals surface area contributed by atoms with E-state index < -0.39 is 10.0 Å². The Labute approximate surface area is 200 Å². The van der Waals surface area contributed by atoms with Crippen molar-refractivity contribution in [1.29, 1.82) is 0 Å². The van der Waals surface area contributed by atoms with Crippen molar-refractivity contribution in [1.82, 2.24) is 14.5 Å². The molecule has 0 aliphatic carbocycles. The van der Waals surface area contributed by atoms with Gasteiger partial charge >= 0.3 is 6.09 Å². The number of hydrogen-bond donors (Lipinski definition) is 1. The lowest BCUT2D eigenvalue weighted by Gasteiger charge is -2.31. The molecule has 0 aromatic heterocycles. The van der Waals surface area contributed by atoms with Gasteiger partial charge in [0.15, 0.2) is 0 Å². The largest absolute Gasteiger partial charge is 0.415 e. The number of nitrogens with one attached hydrogen (secondary N) is 1. The van der Waals surface area contributed by atoms with Crippen LogP contribution in [-0.4, -0.2) is 62.3 Å². The third-order valence-electron chi connectivity index (χ3n) is 6.44. The number of sulfonamides is 1. The van der Waals surface area contributed by atoms with E-state index >= 15 is 0 Å². The van der Waals surface area contributed by atoms with E-state index in [2.05, 4.69) is 5.32 Å². The molecular weight excluding hydrogens is 454 g/mol. The van der Waals surface area contributed by atoms with Crippen molar-refractivity contribution in [2.45, 2.75) is 37.0 Å². The minimum absolute atomic E-state index is 0.223. The molecule has 0 saturated carbocycles. The topological polar surface area (TPSA) is 96.0 Å². The lowest BCUT2D eigenvalue weighted by Crippen LogP contribution is -2.42. The maximum absolute atomic E-state index is 12.8. The standard InChI is InChI=1S/C25H31N3O5S/c29-24(21-9-11-23(12-10-21)34(31,32)28-15-5-2-6-16-28)26-19-20-13-17-27(18-14-20)25(30)33-22-7-3-1-4-8-22/h1,3-4,7-12,20H,2,5-6,13-19H2,(H,26,29). The van der Waals surface area contributed by atoms with Gasteiger partial charge in [-0.3, -0.25) is 4.79 Å². The lowest BCUT2D eigenvalue weighted by molar-refractivity contribution is 0.0931. The summed E-state index contributed by atoms with van der Waals surface area (Å²) in [6.07, 6.45) is 4.02. The maximum Gasteiger partial charge on any atom is 0.415 e. The van der Waals surface area contributed by atoms with Gasteiger partial charge in [-0.25, -0.2) is 13.2 Å². The van der Waals surface area contributed by atoms with Gasteiger partial charge in [0.2, 0.25) is 10.0 Å². The molecule has 9 heteroatoms. The highest BCUT2D eigenvalue weighted by atomic mass is 32.2. The van der Waals surface area contributed by atoms with Crippen LogP contribution in [0.3, 0.4) is 0 Å². The van der Waals surface area contributed by atoms with E-state index in [0.717, 1.165) is 32.1 Å². The van der Waals surface area contributed by atoms with Crippen molar-refractivity contribution in [3.8, 4) is 5.75 Å². The fourth-order valence-corrected chi connectivity index (χ4v) is 5.86. The van der Waals surface area contributed by atoms with Gasteiger partial charge in [0.25, 0.3) is 5.91 Å².